The van der Waals surface area contributed by atoms with Crippen LogP contribution in [0.25, 0.3) is 0 Å². The number of amides is 2. The zero-order valence-corrected chi connectivity index (χ0v) is 17.3. The van der Waals surface area contributed by atoms with E-state index in [1.165, 1.54) is 0 Å². The first-order valence-electron chi connectivity index (χ1n) is 10.1. The lowest BCUT2D eigenvalue weighted by Gasteiger charge is -2.25. The van der Waals surface area contributed by atoms with E-state index in [-0.39, 0.29) is 11.8 Å². The first-order chi connectivity index (χ1) is 13.0. The van der Waals surface area contributed by atoms with Gasteiger partial charge in [0.2, 0.25) is 5.91 Å². The first-order valence-corrected chi connectivity index (χ1v) is 10.1. The fourth-order valence-corrected chi connectivity index (χ4v) is 3.42. The maximum absolute atomic E-state index is 12.9. The van der Waals surface area contributed by atoms with Gasteiger partial charge >= 0.3 is 0 Å². The monoisotopic (exact) mass is 374 g/mol. The molecule has 0 aromatic heterocycles. The van der Waals surface area contributed by atoms with E-state index < -0.39 is 0 Å². The van der Waals surface area contributed by atoms with Gasteiger partial charge in [0.15, 0.2) is 0 Å². The Balaban J connectivity index is 1.93. The summed E-state index contributed by atoms with van der Waals surface area (Å²) in [6.07, 6.45) is 0.897. The van der Waals surface area contributed by atoms with E-state index >= 15 is 0 Å². The summed E-state index contributed by atoms with van der Waals surface area (Å²) in [5, 5.41) is 0. The number of carbonyl (C=O) groups excluding carboxylic acids is 2. The number of hydrogen-bond donors (Lipinski definition) is 0. The smallest absolute Gasteiger partial charge is 0.253 e. The SMILES string of the molecule is CCN(CC)C(=O)CN1CCCN(C(=O)c2ccc(N(C)CC)cc2)CC1. The van der Waals surface area contributed by atoms with Crippen LogP contribution in [0.4, 0.5) is 5.69 Å². The predicted octanol–water partition coefficient (Wildman–Crippen LogP) is 2.16. The Kier molecular flexibility index (Phi) is 8.10. The maximum atomic E-state index is 12.9. The number of carbonyl (C=O) groups is 2. The standard InChI is InChI=1S/C21H34N4O2/c1-5-22(4)19-11-9-18(10-12-19)21(27)25-14-8-13-23(15-16-25)17-20(26)24(6-2)7-3/h9-12H,5-8,13-17H2,1-4H3. The molecule has 1 fully saturated rings. The van der Waals surface area contributed by atoms with Crippen LogP contribution < -0.4 is 4.90 Å². The van der Waals surface area contributed by atoms with Crippen molar-refractivity contribution in [2.45, 2.75) is 27.2 Å². The molecule has 1 aliphatic rings. The Morgan fingerprint density at radius 2 is 1.59 bits per heavy atom. The molecule has 27 heavy (non-hydrogen) atoms. The number of anilines is 1. The molecular weight excluding hydrogens is 340 g/mol. The molecule has 2 rings (SSSR count). The van der Waals surface area contributed by atoms with Crippen LogP contribution in [0.15, 0.2) is 24.3 Å². The molecule has 150 valence electrons. The molecule has 1 aliphatic heterocycles. The lowest BCUT2D eigenvalue weighted by molar-refractivity contribution is -0.132. The second-order valence-electron chi connectivity index (χ2n) is 7.05. The van der Waals surface area contributed by atoms with Crippen LogP contribution >= 0.6 is 0 Å². The Bertz CT molecular complexity index is 613. The van der Waals surface area contributed by atoms with Gasteiger partial charge in [-0.25, -0.2) is 0 Å². The van der Waals surface area contributed by atoms with Crippen molar-refractivity contribution in [3.8, 4) is 0 Å². The van der Waals surface area contributed by atoms with Crippen molar-refractivity contribution < 1.29 is 9.59 Å². The Morgan fingerprint density at radius 1 is 0.926 bits per heavy atom. The second-order valence-corrected chi connectivity index (χ2v) is 7.05. The van der Waals surface area contributed by atoms with Crippen LogP contribution in [0.3, 0.4) is 0 Å². The van der Waals surface area contributed by atoms with Gasteiger partial charge in [-0.3, -0.25) is 14.5 Å². The van der Waals surface area contributed by atoms with Crippen LogP contribution in [0, 0.1) is 0 Å². The second kappa shape index (κ2) is 10.3. The predicted molar refractivity (Wildman–Crippen MR) is 110 cm³/mol. The lowest BCUT2D eigenvalue weighted by Crippen LogP contribution is -2.42. The van der Waals surface area contributed by atoms with Gasteiger partial charge in [0, 0.05) is 64.1 Å². The number of hydrogen-bond acceptors (Lipinski definition) is 4. The number of rotatable bonds is 7. The van der Waals surface area contributed by atoms with Gasteiger partial charge in [-0.15, -0.1) is 0 Å². The zero-order chi connectivity index (χ0) is 19.8. The van der Waals surface area contributed by atoms with Gasteiger partial charge in [0.25, 0.3) is 5.91 Å². The third-order valence-electron chi connectivity index (χ3n) is 5.38. The Morgan fingerprint density at radius 3 is 2.19 bits per heavy atom. The molecular formula is C21H34N4O2. The summed E-state index contributed by atoms with van der Waals surface area (Å²) < 4.78 is 0. The minimum atomic E-state index is 0.0811. The summed E-state index contributed by atoms with van der Waals surface area (Å²) in [7, 11) is 2.04. The first kappa shape index (κ1) is 21.2. The summed E-state index contributed by atoms with van der Waals surface area (Å²) in [5.41, 5.74) is 1.85. The fourth-order valence-electron chi connectivity index (χ4n) is 3.42. The largest absolute Gasteiger partial charge is 0.375 e. The molecule has 6 nitrogen and oxygen atoms in total. The lowest BCUT2D eigenvalue weighted by atomic mass is 10.1. The zero-order valence-electron chi connectivity index (χ0n) is 17.3. The van der Waals surface area contributed by atoms with E-state index in [2.05, 4.69) is 16.7 Å². The topological polar surface area (TPSA) is 47.1 Å². The van der Waals surface area contributed by atoms with E-state index in [0.29, 0.717) is 13.1 Å². The van der Waals surface area contributed by atoms with E-state index in [1.807, 2.05) is 55.0 Å². The van der Waals surface area contributed by atoms with Crippen LogP contribution in [0.5, 0.6) is 0 Å². The molecule has 0 unspecified atom stereocenters. The quantitative estimate of drug-likeness (QED) is 0.734. The number of nitrogens with zero attached hydrogens (tertiary/aromatic N) is 4. The van der Waals surface area contributed by atoms with Crippen LogP contribution in [0.2, 0.25) is 0 Å². The van der Waals surface area contributed by atoms with Crippen molar-refractivity contribution in [2.75, 3.05) is 64.3 Å². The minimum Gasteiger partial charge on any atom is -0.375 e. The molecule has 0 radical (unpaired) electrons. The molecule has 0 aliphatic carbocycles. The average molecular weight is 375 g/mol. The summed E-state index contributed by atoms with van der Waals surface area (Å²) in [6, 6.07) is 7.83. The van der Waals surface area contributed by atoms with E-state index in [4.69, 9.17) is 0 Å². The van der Waals surface area contributed by atoms with Gasteiger partial charge in [0.05, 0.1) is 6.54 Å². The van der Waals surface area contributed by atoms with Gasteiger partial charge in [-0.1, -0.05) is 0 Å². The van der Waals surface area contributed by atoms with Crippen molar-refractivity contribution >= 4 is 17.5 Å². The molecule has 0 atom stereocenters. The van der Waals surface area contributed by atoms with Crippen molar-refractivity contribution in [3.05, 3.63) is 29.8 Å². The molecule has 0 spiro atoms. The van der Waals surface area contributed by atoms with Crippen LogP contribution in [-0.4, -0.2) is 85.9 Å². The van der Waals surface area contributed by atoms with Crippen LogP contribution in [0.1, 0.15) is 37.6 Å². The van der Waals surface area contributed by atoms with Crippen molar-refractivity contribution in [1.29, 1.82) is 0 Å². The summed E-state index contributed by atoms with van der Waals surface area (Å²) in [5.74, 6) is 0.257. The average Bonchev–Trinajstić information content (AvgIpc) is 2.93. The summed E-state index contributed by atoms with van der Waals surface area (Å²) in [4.78, 5) is 33.3. The highest BCUT2D eigenvalue weighted by Gasteiger charge is 2.22. The molecule has 6 heteroatoms. The normalized spacial score (nSPS) is 15.3. The highest BCUT2D eigenvalue weighted by molar-refractivity contribution is 5.94. The summed E-state index contributed by atoms with van der Waals surface area (Å²) >= 11 is 0. The molecule has 1 aromatic rings. The molecule has 1 saturated heterocycles. The molecule has 1 heterocycles. The molecule has 0 saturated carbocycles. The number of benzene rings is 1. The number of likely N-dealkylation sites (N-methyl/N-ethyl adjacent to an activating group) is 1. The molecule has 1 aromatic carbocycles. The van der Waals surface area contributed by atoms with Crippen LogP contribution in [-0.2, 0) is 4.79 Å². The van der Waals surface area contributed by atoms with E-state index in [0.717, 1.165) is 56.9 Å². The van der Waals surface area contributed by atoms with Gasteiger partial charge in [-0.05, 0) is 51.5 Å². The molecule has 0 N–H and O–H groups in total. The minimum absolute atomic E-state index is 0.0811. The Labute approximate surface area is 163 Å². The highest BCUT2D eigenvalue weighted by atomic mass is 16.2. The molecule has 0 bridgehead atoms. The van der Waals surface area contributed by atoms with Gasteiger partial charge in [0.1, 0.15) is 0 Å². The highest BCUT2D eigenvalue weighted by Crippen LogP contribution is 2.16. The third kappa shape index (κ3) is 5.70. The van der Waals surface area contributed by atoms with Gasteiger partial charge in [-0.2, -0.15) is 0 Å². The van der Waals surface area contributed by atoms with E-state index in [1.54, 1.807) is 0 Å². The maximum Gasteiger partial charge on any atom is 0.253 e. The molecule has 2 amide bonds. The van der Waals surface area contributed by atoms with Crippen molar-refractivity contribution in [3.63, 3.8) is 0 Å². The fraction of sp³-hybridized carbons (Fsp3) is 0.619. The Hall–Kier alpha value is -2.08. The third-order valence-corrected chi connectivity index (χ3v) is 5.38. The van der Waals surface area contributed by atoms with Gasteiger partial charge < -0.3 is 14.7 Å². The van der Waals surface area contributed by atoms with Crippen molar-refractivity contribution in [2.24, 2.45) is 0 Å². The van der Waals surface area contributed by atoms with E-state index in [9.17, 15) is 9.59 Å². The van der Waals surface area contributed by atoms with Crippen molar-refractivity contribution in [1.82, 2.24) is 14.7 Å². The summed E-state index contributed by atoms with van der Waals surface area (Å²) in [6.45, 7) is 12.0.